The highest BCUT2D eigenvalue weighted by molar-refractivity contribution is 6.25. The molecule has 5 heteroatoms. The number of halogens is 1. The highest BCUT2D eigenvalue weighted by atomic mass is 19.1. The van der Waals surface area contributed by atoms with E-state index in [2.05, 4.69) is 133 Å². The maximum Gasteiger partial charge on any atom is 0.330 e. The van der Waals surface area contributed by atoms with E-state index in [9.17, 15) is 9.59 Å². The molecule has 58 heavy (non-hydrogen) atoms. The van der Waals surface area contributed by atoms with Crippen LogP contribution in [-0.2, 0) is 42.7 Å². The predicted molar refractivity (Wildman–Crippen MR) is 236 cm³/mol. The van der Waals surface area contributed by atoms with Gasteiger partial charge in [0.15, 0.2) is 0 Å². The molecule has 0 unspecified atom stereocenters. The van der Waals surface area contributed by atoms with E-state index in [1.807, 2.05) is 12.1 Å². The van der Waals surface area contributed by atoms with Crippen LogP contribution in [0, 0.1) is 5.82 Å². The Kier molecular flexibility index (Phi) is 10.0. The van der Waals surface area contributed by atoms with Crippen molar-refractivity contribution in [2.24, 2.45) is 0 Å². The molecule has 0 bridgehead atoms. The number of hydrogen-bond acceptors (Lipinski definition) is 4. The smallest absolute Gasteiger partial charge is 0.330 e. The van der Waals surface area contributed by atoms with Crippen molar-refractivity contribution in [2.45, 2.75) is 71.1 Å². The van der Waals surface area contributed by atoms with Crippen molar-refractivity contribution in [3.05, 3.63) is 156 Å². The van der Waals surface area contributed by atoms with Crippen LogP contribution in [-0.4, -0.2) is 25.2 Å². The third-order valence-corrected chi connectivity index (χ3v) is 12.0. The normalized spacial score (nSPS) is 13.1. The summed E-state index contributed by atoms with van der Waals surface area (Å²) in [7, 11) is 0. The molecular weight excluding hydrogens is 720 g/mol. The summed E-state index contributed by atoms with van der Waals surface area (Å²) in [6, 6.07) is 35.7. The fourth-order valence-corrected chi connectivity index (χ4v) is 8.86. The van der Waals surface area contributed by atoms with Gasteiger partial charge in [0, 0.05) is 17.6 Å². The zero-order chi connectivity index (χ0) is 40.9. The minimum Gasteiger partial charge on any atom is -0.463 e. The molecule has 0 aromatic heterocycles. The molecule has 0 N–H and O–H groups in total. The van der Waals surface area contributed by atoms with E-state index in [1.54, 1.807) is 0 Å². The SMILES string of the molecule is C=CC(=O)OCCCc1cc(-c2ccc3c(c2)C(C)(C)c2cc(-c4ccc5ccc6cc(C(C)(C)C)cc7ccc4c5c67)ccc2-3)cc(CCCOC(=O)C=C)c1F. The first-order valence-corrected chi connectivity index (χ1v) is 20.2. The van der Waals surface area contributed by atoms with E-state index < -0.39 is 11.9 Å². The van der Waals surface area contributed by atoms with E-state index in [-0.39, 0.29) is 29.9 Å². The molecule has 0 amide bonds. The molecule has 0 saturated carbocycles. The number of fused-ring (bicyclic) bond motifs is 3. The van der Waals surface area contributed by atoms with Gasteiger partial charge in [0.1, 0.15) is 5.82 Å². The fraction of sp³-hybridized carbons (Fsp3) is 0.245. The molecule has 7 aromatic carbocycles. The van der Waals surface area contributed by atoms with Gasteiger partial charge in [-0.15, -0.1) is 0 Å². The van der Waals surface area contributed by atoms with Crippen molar-refractivity contribution in [3.8, 4) is 33.4 Å². The Hall–Kier alpha value is -6.07. The van der Waals surface area contributed by atoms with Crippen LogP contribution in [0.2, 0.25) is 0 Å². The molecule has 7 aromatic rings. The number of aryl methyl sites for hydroxylation is 2. The highest BCUT2D eigenvalue weighted by Gasteiger charge is 2.36. The largest absolute Gasteiger partial charge is 0.463 e. The van der Waals surface area contributed by atoms with E-state index >= 15 is 4.39 Å². The van der Waals surface area contributed by atoms with Gasteiger partial charge in [0.05, 0.1) is 13.2 Å². The average molecular weight is 769 g/mol. The minimum atomic E-state index is -0.497. The number of carbonyl (C=O) groups excluding carboxylic acids is 2. The second-order valence-corrected chi connectivity index (χ2v) is 17.1. The Morgan fingerprint density at radius 1 is 0.621 bits per heavy atom. The van der Waals surface area contributed by atoms with E-state index in [0.717, 1.165) is 23.3 Å². The summed E-state index contributed by atoms with van der Waals surface area (Å²) in [5, 5.41) is 7.71. The Bertz CT molecular complexity index is 2710. The Labute approximate surface area is 340 Å². The number of ether oxygens (including phenoxy) is 2. The molecule has 8 rings (SSSR count). The molecule has 0 fully saturated rings. The summed E-state index contributed by atoms with van der Waals surface area (Å²) in [4.78, 5) is 23.2. The van der Waals surface area contributed by atoms with Crippen LogP contribution in [0.3, 0.4) is 0 Å². The Morgan fingerprint density at radius 3 is 1.69 bits per heavy atom. The zero-order valence-corrected chi connectivity index (χ0v) is 34.1. The van der Waals surface area contributed by atoms with Crippen molar-refractivity contribution < 1.29 is 23.5 Å². The Morgan fingerprint density at radius 2 is 1.12 bits per heavy atom. The zero-order valence-electron chi connectivity index (χ0n) is 34.1. The van der Waals surface area contributed by atoms with Gasteiger partial charge in [0.2, 0.25) is 0 Å². The third-order valence-electron chi connectivity index (χ3n) is 12.0. The third kappa shape index (κ3) is 6.97. The van der Waals surface area contributed by atoms with Crippen molar-refractivity contribution in [1.29, 1.82) is 0 Å². The van der Waals surface area contributed by atoms with E-state index in [1.165, 1.54) is 71.3 Å². The first kappa shape index (κ1) is 38.8. The molecule has 1 aliphatic rings. The fourth-order valence-electron chi connectivity index (χ4n) is 8.86. The van der Waals surface area contributed by atoms with E-state index in [0.29, 0.717) is 36.8 Å². The second kappa shape index (κ2) is 15.0. The molecule has 0 aliphatic heterocycles. The van der Waals surface area contributed by atoms with Gasteiger partial charge < -0.3 is 9.47 Å². The summed E-state index contributed by atoms with van der Waals surface area (Å²) in [6.45, 7) is 18.6. The molecular formula is C53H49FO4. The maximum atomic E-state index is 16.0. The first-order valence-electron chi connectivity index (χ1n) is 20.2. The monoisotopic (exact) mass is 768 g/mol. The number of rotatable bonds is 12. The van der Waals surface area contributed by atoms with Crippen molar-refractivity contribution in [1.82, 2.24) is 0 Å². The number of benzene rings is 7. The standard InChI is InChI=1S/C53H49FO4/c1-8-47(55)57-24-10-12-37-26-39(27-38(51(37)54)13-11-25-58-48(56)9-2)33-17-21-42-43-22-18-34(31-46(43)53(6,7)45(42)30-33)41-20-16-32-14-15-35-28-40(52(3,4)5)29-36-19-23-44(41)50(32)49(35)36/h8-9,14-23,26-31H,1-2,10-13,24-25H2,3-7H3. The molecule has 0 atom stereocenters. The predicted octanol–water partition coefficient (Wildman–Crippen LogP) is 13.0. The first-order chi connectivity index (χ1) is 27.8. The van der Waals surface area contributed by atoms with Crippen LogP contribution < -0.4 is 0 Å². The van der Waals surface area contributed by atoms with Gasteiger partial charge in [-0.05, 0) is 149 Å². The lowest BCUT2D eigenvalue weighted by Gasteiger charge is -2.23. The molecule has 0 radical (unpaired) electrons. The van der Waals surface area contributed by atoms with Gasteiger partial charge in [0.25, 0.3) is 0 Å². The van der Waals surface area contributed by atoms with Gasteiger partial charge >= 0.3 is 11.9 Å². The van der Waals surface area contributed by atoms with Crippen LogP contribution in [0.1, 0.15) is 75.3 Å². The minimum absolute atomic E-state index is 0.0606. The van der Waals surface area contributed by atoms with Crippen LogP contribution in [0.25, 0.3) is 65.7 Å². The molecule has 292 valence electrons. The summed E-state index contributed by atoms with van der Waals surface area (Å²) in [6.07, 6.45) is 3.98. The average Bonchev–Trinajstić information content (AvgIpc) is 3.44. The summed E-state index contributed by atoms with van der Waals surface area (Å²) >= 11 is 0. The summed E-state index contributed by atoms with van der Waals surface area (Å²) < 4.78 is 26.4. The highest BCUT2D eigenvalue weighted by Crippen LogP contribution is 2.51. The van der Waals surface area contributed by atoms with Crippen LogP contribution in [0.4, 0.5) is 4.39 Å². The van der Waals surface area contributed by atoms with Gasteiger partial charge in [-0.3, -0.25) is 0 Å². The lowest BCUT2D eigenvalue weighted by Crippen LogP contribution is -2.15. The molecule has 4 nitrogen and oxygen atoms in total. The van der Waals surface area contributed by atoms with Crippen LogP contribution >= 0.6 is 0 Å². The van der Waals surface area contributed by atoms with Crippen molar-refractivity contribution >= 4 is 44.3 Å². The maximum absolute atomic E-state index is 16.0. The topological polar surface area (TPSA) is 52.6 Å². The number of hydrogen-bond donors (Lipinski definition) is 0. The Balaban J connectivity index is 1.14. The van der Waals surface area contributed by atoms with E-state index in [4.69, 9.17) is 9.47 Å². The van der Waals surface area contributed by atoms with Crippen molar-refractivity contribution in [2.75, 3.05) is 13.2 Å². The molecule has 0 heterocycles. The molecule has 0 saturated heterocycles. The molecule has 1 aliphatic carbocycles. The second-order valence-electron chi connectivity index (χ2n) is 17.1. The molecule has 0 spiro atoms. The number of esters is 2. The van der Waals surface area contributed by atoms with Gasteiger partial charge in [-0.2, -0.15) is 0 Å². The number of carbonyl (C=O) groups is 2. The van der Waals surface area contributed by atoms with Crippen molar-refractivity contribution in [3.63, 3.8) is 0 Å². The quantitative estimate of drug-likeness (QED) is 0.0538. The van der Waals surface area contributed by atoms with Gasteiger partial charge in [-0.25, -0.2) is 14.0 Å². The van der Waals surface area contributed by atoms with Crippen LogP contribution in [0.5, 0.6) is 0 Å². The summed E-state index contributed by atoms with van der Waals surface area (Å²) in [5.74, 6) is -1.27. The lowest BCUT2D eigenvalue weighted by molar-refractivity contribution is -0.138. The van der Waals surface area contributed by atoms with Gasteiger partial charge in [-0.1, -0.05) is 121 Å². The lowest BCUT2D eigenvalue weighted by atomic mass is 9.80. The van der Waals surface area contributed by atoms with Crippen LogP contribution in [0.15, 0.2) is 122 Å². The summed E-state index contributed by atoms with van der Waals surface area (Å²) in [5.41, 5.74) is 11.5.